The molecule has 1 aliphatic rings. The Kier molecular flexibility index (Phi) is 4.88. The molecule has 0 aliphatic carbocycles. The first-order valence-electron chi connectivity index (χ1n) is 7.49. The van der Waals surface area contributed by atoms with E-state index in [-0.39, 0.29) is 11.2 Å². The highest BCUT2D eigenvalue weighted by Gasteiger charge is 2.25. The van der Waals surface area contributed by atoms with Gasteiger partial charge in [-0.1, -0.05) is 30.3 Å². The van der Waals surface area contributed by atoms with E-state index < -0.39 is 0 Å². The smallest absolute Gasteiger partial charge is 0.337 e. The van der Waals surface area contributed by atoms with Crippen LogP contribution >= 0.6 is 11.8 Å². The number of carbonyl (C=O) groups is 1. The van der Waals surface area contributed by atoms with Crippen LogP contribution in [0.5, 0.6) is 5.75 Å². The molecule has 0 saturated heterocycles. The van der Waals surface area contributed by atoms with Crippen LogP contribution in [-0.4, -0.2) is 25.4 Å². The highest BCUT2D eigenvalue weighted by atomic mass is 32.2. The Balaban J connectivity index is 2.06. The lowest BCUT2D eigenvalue weighted by Crippen LogP contribution is -2.07. The normalized spacial score (nSPS) is 15.8. The molecule has 5 heteroatoms. The summed E-state index contributed by atoms with van der Waals surface area (Å²) in [5.41, 5.74) is 9.67. The van der Waals surface area contributed by atoms with Crippen molar-refractivity contribution in [3.8, 4) is 5.75 Å². The van der Waals surface area contributed by atoms with Crippen LogP contribution in [0.1, 0.15) is 32.3 Å². The number of esters is 1. The Labute approximate surface area is 140 Å². The topological polar surface area (TPSA) is 61.5 Å². The van der Waals surface area contributed by atoms with Gasteiger partial charge in [0.15, 0.2) is 0 Å². The molecule has 1 unspecified atom stereocenters. The van der Waals surface area contributed by atoms with Crippen molar-refractivity contribution in [2.24, 2.45) is 5.73 Å². The number of ether oxygens (including phenoxy) is 2. The fourth-order valence-electron chi connectivity index (χ4n) is 2.73. The molecule has 4 nitrogen and oxygen atoms in total. The highest BCUT2D eigenvalue weighted by molar-refractivity contribution is 7.99. The Morgan fingerprint density at radius 1 is 1.30 bits per heavy atom. The molecular formula is C18H19NO3S. The molecule has 0 aromatic heterocycles. The van der Waals surface area contributed by atoms with Crippen molar-refractivity contribution in [1.29, 1.82) is 0 Å². The fourth-order valence-corrected chi connectivity index (χ4v) is 3.89. The van der Waals surface area contributed by atoms with Crippen LogP contribution in [-0.2, 0) is 11.3 Å². The second kappa shape index (κ2) is 7.06. The van der Waals surface area contributed by atoms with E-state index in [1.807, 2.05) is 18.2 Å². The van der Waals surface area contributed by atoms with Gasteiger partial charge in [0.25, 0.3) is 0 Å². The molecule has 1 atom stereocenters. The van der Waals surface area contributed by atoms with Gasteiger partial charge in [-0.3, -0.25) is 0 Å². The number of hydrogen-bond acceptors (Lipinski definition) is 5. The monoisotopic (exact) mass is 329 g/mol. The molecule has 0 bridgehead atoms. The fraction of sp³-hybridized carbons (Fsp3) is 0.278. The zero-order valence-electron chi connectivity index (χ0n) is 13.0. The van der Waals surface area contributed by atoms with Gasteiger partial charge in [-0.05, 0) is 23.3 Å². The van der Waals surface area contributed by atoms with Crippen LogP contribution in [0.4, 0.5) is 0 Å². The summed E-state index contributed by atoms with van der Waals surface area (Å²) in [7, 11) is 1.38. The summed E-state index contributed by atoms with van der Waals surface area (Å²) in [5, 5.41) is 0.152. The number of rotatable bonds is 4. The Hall–Kier alpha value is -1.98. The predicted octanol–water partition coefficient (Wildman–Crippen LogP) is 3.15. The van der Waals surface area contributed by atoms with Crippen LogP contribution in [0.3, 0.4) is 0 Å². The van der Waals surface area contributed by atoms with Crippen LogP contribution < -0.4 is 10.5 Å². The molecule has 2 N–H and O–H groups in total. The molecule has 23 heavy (non-hydrogen) atoms. The molecular weight excluding hydrogens is 310 g/mol. The largest absolute Gasteiger partial charge is 0.489 e. The van der Waals surface area contributed by atoms with Crippen molar-refractivity contribution < 1.29 is 14.3 Å². The van der Waals surface area contributed by atoms with Crippen molar-refractivity contribution in [2.45, 2.75) is 11.9 Å². The quantitative estimate of drug-likeness (QED) is 0.873. The van der Waals surface area contributed by atoms with E-state index in [2.05, 4.69) is 12.1 Å². The molecule has 120 valence electrons. The van der Waals surface area contributed by atoms with E-state index in [1.165, 1.54) is 12.7 Å². The lowest BCUT2D eigenvalue weighted by molar-refractivity contribution is 0.0600. The summed E-state index contributed by atoms with van der Waals surface area (Å²) in [6.07, 6.45) is 0. The van der Waals surface area contributed by atoms with Crippen molar-refractivity contribution in [3.05, 3.63) is 64.7 Å². The first kappa shape index (κ1) is 15.9. The van der Waals surface area contributed by atoms with Crippen molar-refractivity contribution >= 4 is 17.7 Å². The van der Waals surface area contributed by atoms with Crippen molar-refractivity contribution in [1.82, 2.24) is 0 Å². The average molecular weight is 329 g/mol. The number of hydrogen-bond donors (Lipinski definition) is 1. The van der Waals surface area contributed by atoms with E-state index in [9.17, 15) is 4.79 Å². The van der Waals surface area contributed by atoms with Crippen LogP contribution in [0.15, 0.2) is 42.5 Å². The first-order valence-corrected chi connectivity index (χ1v) is 8.54. The Bertz CT molecular complexity index is 717. The average Bonchev–Trinajstić information content (AvgIpc) is 2.75. The number of benzene rings is 2. The van der Waals surface area contributed by atoms with Gasteiger partial charge < -0.3 is 15.2 Å². The third-order valence-corrected chi connectivity index (χ3v) is 5.15. The lowest BCUT2D eigenvalue weighted by atomic mass is 9.99. The summed E-state index contributed by atoms with van der Waals surface area (Å²) in [5.74, 6) is 1.24. The van der Waals surface area contributed by atoms with E-state index >= 15 is 0 Å². The second-order valence-electron chi connectivity index (χ2n) is 5.27. The number of thioether (sulfide) groups is 1. The maximum absolute atomic E-state index is 11.8. The maximum atomic E-state index is 11.8. The summed E-state index contributed by atoms with van der Waals surface area (Å²) >= 11 is 1.79. The van der Waals surface area contributed by atoms with Crippen molar-refractivity contribution in [3.63, 3.8) is 0 Å². The van der Waals surface area contributed by atoms with E-state index in [1.54, 1.807) is 23.9 Å². The molecule has 2 aromatic carbocycles. The van der Waals surface area contributed by atoms with Gasteiger partial charge in [0.05, 0.1) is 17.9 Å². The number of nitrogens with two attached hydrogens (primary N) is 1. The minimum absolute atomic E-state index is 0.152. The summed E-state index contributed by atoms with van der Waals surface area (Å²) in [6, 6.07) is 13.8. The predicted molar refractivity (Wildman–Crippen MR) is 91.9 cm³/mol. The molecule has 1 heterocycles. The SMILES string of the molecule is COC(=O)c1ccc2c(c1)OCc1ccccc1C2SCCN. The van der Waals surface area contributed by atoms with Gasteiger partial charge in [0, 0.05) is 17.9 Å². The highest BCUT2D eigenvalue weighted by Crippen LogP contribution is 2.44. The van der Waals surface area contributed by atoms with Gasteiger partial charge in [-0.15, -0.1) is 11.8 Å². The molecule has 0 spiro atoms. The minimum Gasteiger partial charge on any atom is -0.489 e. The lowest BCUT2D eigenvalue weighted by Gasteiger charge is -2.18. The molecule has 0 fully saturated rings. The van der Waals surface area contributed by atoms with E-state index in [0.29, 0.717) is 18.7 Å². The summed E-state index contributed by atoms with van der Waals surface area (Å²) < 4.78 is 10.8. The van der Waals surface area contributed by atoms with Gasteiger partial charge in [0.1, 0.15) is 12.4 Å². The Morgan fingerprint density at radius 3 is 2.91 bits per heavy atom. The number of carbonyl (C=O) groups excluding carboxylic acids is 1. The molecule has 1 aliphatic heterocycles. The third-order valence-electron chi connectivity index (χ3n) is 3.84. The Morgan fingerprint density at radius 2 is 2.13 bits per heavy atom. The van der Waals surface area contributed by atoms with Crippen molar-refractivity contribution in [2.75, 3.05) is 19.4 Å². The van der Waals surface area contributed by atoms with Gasteiger partial charge >= 0.3 is 5.97 Å². The van der Waals surface area contributed by atoms with E-state index in [4.69, 9.17) is 15.2 Å². The molecule has 0 amide bonds. The third kappa shape index (κ3) is 3.21. The second-order valence-corrected chi connectivity index (χ2v) is 6.48. The van der Waals surface area contributed by atoms with Crippen LogP contribution in [0.25, 0.3) is 0 Å². The molecule has 0 saturated carbocycles. The molecule has 3 rings (SSSR count). The van der Waals surface area contributed by atoms with E-state index in [0.717, 1.165) is 22.6 Å². The molecule has 0 radical (unpaired) electrons. The molecule has 2 aromatic rings. The van der Waals surface area contributed by atoms with Gasteiger partial charge in [-0.2, -0.15) is 0 Å². The minimum atomic E-state index is -0.357. The summed E-state index contributed by atoms with van der Waals surface area (Å²) in [4.78, 5) is 11.8. The maximum Gasteiger partial charge on any atom is 0.337 e. The summed E-state index contributed by atoms with van der Waals surface area (Å²) in [6.45, 7) is 1.12. The van der Waals surface area contributed by atoms with Gasteiger partial charge in [-0.25, -0.2) is 4.79 Å². The zero-order chi connectivity index (χ0) is 16.2. The number of methoxy groups -OCH3 is 1. The van der Waals surface area contributed by atoms with Crippen LogP contribution in [0, 0.1) is 0 Å². The van der Waals surface area contributed by atoms with Gasteiger partial charge in [0.2, 0.25) is 0 Å². The first-order chi connectivity index (χ1) is 11.2. The number of fused-ring (bicyclic) bond motifs is 2. The van der Waals surface area contributed by atoms with Crippen LogP contribution in [0.2, 0.25) is 0 Å². The standard InChI is InChI=1S/C18H19NO3S/c1-21-18(20)12-6-7-15-16(10-12)22-11-13-4-2-3-5-14(13)17(15)23-9-8-19/h2-7,10,17H,8-9,11,19H2,1H3. The zero-order valence-corrected chi connectivity index (χ0v) is 13.8.